The van der Waals surface area contributed by atoms with Crippen LogP contribution >= 0.6 is 0 Å². The van der Waals surface area contributed by atoms with Crippen LogP contribution in [0, 0.1) is 11.8 Å². The normalized spacial score (nSPS) is 33.2. The first-order valence-electron chi connectivity index (χ1n) is 11.5. The van der Waals surface area contributed by atoms with Crippen molar-refractivity contribution < 1.29 is 33.6 Å². The van der Waals surface area contributed by atoms with Crippen molar-refractivity contribution in [1.29, 1.82) is 0 Å². The van der Waals surface area contributed by atoms with Gasteiger partial charge in [0.1, 0.15) is 11.3 Å². The Balaban J connectivity index is 2.24. The maximum atomic E-state index is 12.9. The summed E-state index contributed by atoms with van der Waals surface area (Å²) in [5, 5.41) is 10.8. The fourth-order valence-electron chi connectivity index (χ4n) is 4.47. The van der Waals surface area contributed by atoms with Crippen LogP contribution in [-0.2, 0) is 23.7 Å². The number of nitrogens with zero attached hydrogens (tertiary/aromatic N) is 1. The van der Waals surface area contributed by atoms with Gasteiger partial charge in [0.15, 0.2) is 0 Å². The lowest BCUT2D eigenvalue weighted by Crippen LogP contribution is -2.51. The highest BCUT2D eigenvalue weighted by Gasteiger charge is 2.46. The molecule has 0 saturated carbocycles. The third-order valence-electron chi connectivity index (χ3n) is 6.15. The molecular formula is C24H41NO7. The van der Waals surface area contributed by atoms with Gasteiger partial charge in [-0.25, -0.2) is 4.79 Å². The van der Waals surface area contributed by atoms with Gasteiger partial charge in [-0.2, -0.15) is 0 Å². The van der Waals surface area contributed by atoms with Crippen LogP contribution in [0.4, 0.5) is 4.79 Å². The molecule has 2 heterocycles. The molecule has 0 aromatic carbocycles. The van der Waals surface area contributed by atoms with Gasteiger partial charge in [0.2, 0.25) is 0 Å². The van der Waals surface area contributed by atoms with E-state index < -0.39 is 35.7 Å². The van der Waals surface area contributed by atoms with Crippen molar-refractivity contribution in [2.45, 2.75) is 104 Å². The van der Waals surface area contributed by atoms with E-state index in [1.807, 2.05) is 61.5 Å². The zero-order valence-electron chi connectivity index (χ0n) is 21.0. The predicted molar refractivity (Wildman–Crippen MR) is 120 cm³/mol. The summed E-state index contributed by atoms with van der Waals surface area (Å²) in [6, 6.07) is -0.337. The summed E-state index contributed by atoms with van der Waals surface area (Å²) < 4.78 is 22.9. The zero-order chi connectivity index (χ0) is 24.4. The Bertz CT molecular complexity index is 712. The van der Waals surface area contributed by atoms with E-state index in [9.17, 15) is 14.7 Å². The maximum Gasteiger partial charge on any atom is 0.413 e. The first-order chi connectivity index (χ1) is 14.7. The zero-order valence-corrected chi connectivity index (χ0v) is 21.0. The molecule has 2 saturated heterocycles. The number of carbonyl (C=O) groups excluding carboxylic acids is 2. The average Bonchev–Trinajstić information content (AvgIpc) is 2.95. The van der Waals surface area contributed by atoms with Gasteiger partial charge in [-0.3, -0.25) is 9.69 Å². The maximum absolute atomic E-state index is 12.9. The number of hydrogen-bond donors (Lipinski definition) is 1. The van der Waals surface area contributed by atoms with Crippen molar-refractivity contribution in [2.24, 2.45) is 11.8 Å². The van der Waals surface area contributed by atoms with Gasteiger partial charge in [0.25, 0.3) is 0 Å². The molecule has 0 aliphatic carbocycles. The van der Waals surface area contributed by atoms with Gasteiger partial charge in [-0.1, -0.05) is 19.9 Å². The number of aliphatic hydroxyl groups excluding tert-OH is 1. The topological polar surface area (TPSA) is 94.5 Å². The number of aliphatic hydroxyl groups is 1. The molecule has 0 bridgehead atoms. The van der Waals surface area contributed by atoms with Crippen LogP contribution in [0.1, 0.15) is 68.7 Å². The van der Waals surface area contributed by atoms with Crippen LogP contribution in [-0.4, -0.2) is 71.0 Å². The van der Waals surface area contributed by atoms with Crippen molar-refractivity contribution >= 4 is 12.1 Å². The van der Waals surface area contributed by atoms with Crippen LogP contribution in [0.3, 0.4) is 0 Å². The van der Waals surface area contributed by atoms with Gasteiger partial charge in [-0.15, -0.1) is 0 Å². The first-order valence-corrected chi connectivity index (χ1v) is 11.5. The number of hydrogen-bond acceptors (Lipinski definition) is 7. The summed E-state index contributed by atoms with van der Waals surface area (Å²) in [6.07, 6.45) is 0.114. The molecule has 8 heteroatoms. The monoisotopic (exact) mass is 455 g/mol. The van der Waals surface area contributed by atoms with Gasteiger partial charge >= 0.3 is 12.1 Å². The summed E-state index contributed by atoms with van der Waals surface area (Å²) >= 11 is 0. The Morgan fingerprint density at radius 2 is 1.84 bits per heavy atom. The van der Waals surface area contributed by atoms with E-state index in [-0.39, 0.29) is 30.3 Å². The summed E-state index contributed by atoms with van der Waals surface area (Å²) in [7, 11) is 0. The van der Waals surface area contributed by atoms with E-state index in [0.29, 0.717) is 13.2 Å². The highest BCUT2D eigenvalue weighted by Crippen LogP contribution is 2.36. The Hall–Kier alpha value is -1.64. The van der Waals surface area contributed by atoms with Crippen molar-refractivity contribution in [3.05, 3.63) is 11.6 Å². The lowest BCUT2D eigenvalue weighted by Gasteiger charge is -2.43. The third-order valence-corrected chi connectivity index (χ3v) is 6.15. The first kappa shape index (κ1) is 26.6. The van der Waals surface area contributed by atoms with Crippen LogP contribution in [0.25, 0.3) is 0 Å². The second-order valence-electron chi connectivity index (χ2n) is 10.4. The van der Waals surface area contributed by atoms with Crippen molar-refractivity contribution in [3.63, 3.8) is 0 Å². The van der Waals surface area contributed by atoms with Crippen molar-refractivity contribution in [3.8, 4) is 0 Å². The predicted octanol–water partition coefficient (Wildman–Crippen LogP) is 3.66. The fraction of sp³-hybridized carbons (Fsp3) is 0.833. The number of carbonyl (C=O) groups is 2. The SMILES string of the molecule is CCOC(=O)C[C@@H]1O[C@@H](/C(C)=C/[C@@H]2COC(C)(C)N2C(=O)OC(C)(C)C)[C@H](C)[C@@H](O)[C@H]1C. The van der Waals surface area contributed by atoms with E-state index in [1.165, 1.54) is 0 Å². The van der Waals surface area contributed by atoms with Crippen LogP contribution < -0.4 is 0 Å². The lowest BCUT2D eigenvalue weighted by atomic mass is 9.79. The molecule has 0 spiro atoms. The molecule has 184 valence electrons. The van der Waals surface area contributed by atoms with Gasteiger partial charge in [-0.05, 0) is 54.0 Å². The highest BCUT2D eigenvalue weighted by atomic mass is 16.6. The van der Waals surface area contributed by atoms with Crippen LogP contribution in [0.15, 0.2) is 11.6 Å². The smallest absolute Gasteiger partial charge is 0.413 e. The van der Waals surface area contributed by atoms with Gasteiger partial charge < -0.3 is 24.1 Å². The van der Waals surface area contributed by atoms with Crippen LogP contribution in [0.2, 0.25) is 0 Å². The molecule has 0 radical (unpaired) electrons. The minimum atomic E-state index is -0.816. The second-order valence-corrected chi connectivity index (χ2v) is 10.4. The molecule has 2 aliphatic heterocycles. The van der Waals surface area contributed by atoms with Gasteiger partial charge in [0.05, 0.1) is 44.0 Å². The molecule has 6 atom stereocenters. The lowest BCUT2D eigenvalue weighted by molar-refractivity contribution is -0.168. The Morgan fingerprint density at radius 1 is 1.22 bits per heavy atom. The molecule has 1 amide bonds. The highest BCUT2D eigenvalue weighted by molar-refractivity contribution is 5.70. The van der Waals surface area contributed by atoms with E-state index in [2.05, 4.69) is 0 Å². The fourth-order valence-corrected chi connectivity index (χ4v) is 4.47. The molecule has 1 N–H and O–H groups in total. The Labute approximate surface area is 192 Å². The van der Waals surface area contributed by atoms with E-state index in [1.54, 1.807) is 11.8 Å². The van der Waals surface area contributed by atoms with Crippen LogP contribution in [0.5, 0.6) is 0 Å². The van der Waals surface area contributed by atoms with Gasteiger partial charge in [0, 0.05) is 11.8 Å². The molecule has 32 heavy (non-hydrogen) atoms. The van der Waals surface area contributed by atoms with E-state index in [4.69, 9.17) is 18.9 Å². The largest absolute Gasteiger partial charge is 0.466 e. The van der Waals surface area contributed by atoms with Crippen molar-refractivity contribution in [1.82, 2.24) is 4.90 Å². The molecular weight excluding hydrogens is 414 g/mol. The molecule has 0 unspecified atom stereocenters. The minimum Gasteiger partial charge on any atom is -0.466 e. The summed E-state index contributed by atoms with van der Waals surface area (Å²) in [5.74, 6) is -0.719. The van der Waals surface area contributed by atoms with E-state index in [0.717, 1.165) is 5.57 Å². The molecule has 8 nitrogen and oxygen atoms in total. The number of esters is 1. The van der Waals surface area contributed by atoms with E-state index >= 15 is 0 Å². The quantitative estimate of drug-likeness (QED) is 0.499. The molecule has 0 aromatic heterocycles. The molecule has 0 aromatic rings. The third kappa shape index (κ3) is 6.23. The number of ether oxygens (including phenoxy) is 4. The number of amides is 1. The molecule has 2 aliphatic rings. The summed E-state index contributed by atoms with van der Waals surface area (Å²) in [5.41, 5.74) is -0.568. The summed E-state index contributed by atoms with van der Waals surface area (Å²) in [6.45, 7) is 17.3. The molecule has 2 fully saturated rings. The minimum absolute atomic E-state index is 0.0895. The molecule has 2 rings (SSSR count). The average molecular weight is 456 g/mol. The second kappa shape index (κ2) is 10.1. The summed E-state index contributed by atoms with van der Waals surface area (Å²) in [4.78, 5) is 26.5. The number of rotatable bonds is 5. The standard InChI is InChI=1S/C24H41NO7/c1-10-29-19(26)12-18-15(3)20(27)16(4)21(31-18)14(2)11-17-13-30-24(8,9)25(17)22(28)32-23(5,6)7/h11,15-18,20-21,27H,10,12-13H2,1-9H3/b14-11+/t15-,16+,17+,18-,20-,21-/m0/s1. The van der Waals surface area contributed by atoms with Crippen molar-refractivity contribution in [2.75, 3.05) is 13.2 Å². The Morgan fingerprint density at radius 3 is 2.41 bits per heavy atom. The Kier molecular flexibility index (Phi) is 8.40.